The van der Waals surface area contributed by atoms with Crippen molar-refractivity contribution in [3.63, 3.8) is 0 Å². The van der Waals surface area contributed by atoms with E-state index in [1.807, 2.05) is 0 Å². The van der Waals surface area contributed by atoms with Crippen molar-refractivity contribution < 1.29 is 68.1 Å². The number of nitrogens with zero attached hydrogens (tertiary/aromatic N) is 3. The highest BCUT2D eigenvalue weighted by Gasteiger charge is 2.42. The van der Waals surface area contributed by atoms with Crippen molar-refractivity contribution in [2.24, 2.45) is 28.1 Å². The highest BCUT2D eigenvalue weighted by Crippen LogP contribution is 2.22. The Kier molecular flexibility index (Phi) is 23.8. The van der Waals surface area contributed by atoms with Crippen LogP contribution in [-0.4, -0.2) is 193 Å². The monoisotopic (exact) mass is 1200 g/mol. The molecule has 4 heterocycles. The average molecular weight is 1200 g/mol. The average Bonchev–Trinajstić information content (AvgIpc) is 3.98. The van der Waals surface area contributed by atoms with Gasteiger partial charge in [-0.05, 0) is 60.9 Å². The van der Waals surface area contributed by atoms with Gasteiger partial charge in [0.1, 0.15) is 54.1 Å². The van der Waals surface area contributed by atoms with Gasteiger partial charge in [-0.3, -0.25) is 57.7 Å². The summed E-state index contributed by atoms with van der Waals surface area (Å²) in [4.78, 5) is 164. The summed E-state index contributed by atoms with van der Waals surface area (Å²) in [5.74, 6) is -9.50. The molecule has 11 amide bonds. The zero-order chi connectivity index (χ0) is 62.6. The number of aromatic nitrogens is 3. The third-order valence-corrected chi connectivity index (χ3v) is 14.1. The number of aliphatic hydroxyl groups is 2. The number of imidazole rings is 1. The maximum absolute atomic E-state index is 14.4. The number of phenolic OH excluding ortho intramolecular Hbond substituents is 1. The van der Waals surface area contributed by atoms with Crippen molar-refractivity contribution in [2.75, 3.05) is 32.8 Å². The topological polar surface area (TPSA) is 495 Å². The first kappa shape index (κ1) is 65.5. The molecule has 2 saturated heterocycles. The Labute approximate surface area is 493 Å². The summed E-state index contributed by atoms with van der Waals surface area (Å²) >= 11 is 0. The molecule has 0 radical (unpaired) electrons. The predicted molar refractivity (Wildman–Crippen MR) is 307 cm³/mol. The van der Waals surface area contributed by atoms with Gasteiger partial charge in [0, 0.05) is 74.2 Å². The lowest BCUT2D eigenvalue weighted by molar-refractivity contribution is -0.142. The number of H-pyrrole nitrogens is 2. The third kappa shape index (κ3) is 19.5. The molecule has 0 saturated carbocycles. The van der Waals surface area contributed by atoms with Gasteiger partial charge >= 0.3 is 0 Å². The number of nitrogens with one attached hydrogen (secondary N) is 11. The molecule has 2 fully saturated rings. The molecule has 86 heavy (non-hydrogen) atoms. The first-order valence-electron chi connectivity index (χ1n) is 27.9. The molecule has 0 bridgehead atoms. The van der Waals surface area contributed by atoms with Crippen LogP contribution in [0.2, 0.25) is 0 Å². The second-order valence-electron chi connectivity index (χ2n) is 21.4. The van der Waals surface area contributed by atoms with Crippen LogP contribution >= 0.6 is 0 Å². The SMILES string of the molecule is CC(C)C[C@H](NC(=O)CNC(=O)[C@H](Cc1ccc(O)cc1)NC(=O)[C@H](CO)NC(=O)[C@H](Cc1c[nH]c2ccccc12)NC(=O)[C@H](Cc1cnc[nH]1)NC(=O)[C@@H]1CCC(=O)N1)C(=O)N[C@@H](CCCN=C(N)N)C(=O)N1C[C@H](O)C[C@H]1C(=O)NCC(N)=O. The van der Waals surface area contributed by atoms with Crippen LogP contribution in [0.1, 0.15) is 69.2 Å². The van der Waals surface area contributed by atoms with Gasteiger partial charge in [-0.25, -0.2) is 4.98 Å². The molecule has 464 valence electrons. The van der Waals surface area contributed by atoms with E-state index in [4.69, 9.17) is 17.2 Å². The highest BCUT2D eigenvalue weighted by atomic mass is 16.3. The first-order chi connectivity index (χ1) is 41.0. The second-order valence-corrected chi connectivity index (χ2v) is 21.4. The number of guanidine groups is 1. The molecule has 2 aliphatic heterocycles. The van der Waals surface area contributed by atoms with E-state index < -0.39 is 133 Å². The van der Waals surface area contributed by atoms with Crippen LogP contribution in [0, 0.1) is 5.92 Å². The van der Waals surface area contributed by atoms with Crippen molar-refractivity contribution in [3.05, 3.63) is 84.1 Å². The minimum absolute atomic E-state index is 0.0186. The third-order valence-electron chi connectivity index (χ3n) is 14.1. The summed E-state index contributed by atoms with van der Waals surface area (Å²) in [7, 11) is 0. The number of aliphatic hydroxyl groups excluding tert-OH is 2. The van der Waals surface area contributed by atoms with Gasteiger partial charge in [0.15, 0.2) is 5.96 Å². The molecular formula is C55H75N17O14. The lowest BCUT2D eigenvalue weighted by Gasteiger charge is -2.30. The van der Waals surface area contributed by atoms with Crippen LogP contribution in [0.25, 0.3) is 10.9 Å². The summed E-state index contributed by atoms with van der Waals surface area (Å²) in [6, 6.07) is 1.79. The Balaban J connectivity index is 1.16. The molecule has 2 aromatic heterocycles. The minimum Gasteiger partial charge on any atom is -0.508 e. The van der Waals surface area contributed by atoms with Crippen LogP contribution < -0.4 is 65.1 Å². The normalized spacial score (nSPS) is 17.6. The number of aromatic hydroxyl groups is 1. The smallest absolute Gasteiger partial charge is 0.245 e. The zero-order valence-corrected chi connectivity index (χ0v) is 47.4. The van der Waals surface area contributed by atoms with Crippen LogP contribution in [0.5, 0.6) is 5.75 Å². The van der Waals surface area contributed by atoms with Crippen molar-refractivity contribution in [2.45, 2.75) is 126 Å². The van der Waals surface area contributed by atoms with Gasteiger partial charge in [-0.15, -0.1) is 0 Å². The number of amides is 11. The lowest BCUT2D eigenvalue weighted by atomic mass is 10.0. The number of β-amino-alcohol motifs (C(OH)–C–C–N with tert-alkyl or cyclic N) is 1. The van der Waals surface area contributed by atoms with E-state index in [0.717, 1.165) is 4.90 Å². The Morgan fingerprint density at radius 3 is 2.03 bits per heavy atom. The van der Waals surface area contributed by atoms with Crippen molar-refractivity contribution in [1.29, 1.82) is 0 Å². The maximum atomic E-state index is 14.4. The maximum Gasteiger partial charge on any atom is 0.245 e. The largest absolute Gasteiger partial charge is 0.508 e. The molecule has 4 aromatic rings. The minimum atomic E-state index is -1.77. The highest BCUT2D eigenvalue weighted by molar-refractivity contribution is 5.99. The Morgan fingerprint density at radius 2 is 1.40 bits per heavy atom. The Morgan fingerprint density at radius 1 is 0.744 bits per heavy atom. The molecule has 9 atom stereocenters. The summed E-state index contributed by atoms with van der Waals surface area (Å²) in [6.45, 7) is 0.928. The van der Waals surface area contributed by atoms with Crippen LogP contribution in [-0.2, 0) is 72.0 Å². The number of rotatable bonds is 31. The Hall–Kier alpha value is -9.65. The second kappa shape index (κ2) is 31.3. The van der Waals surface area contributed by atoms with E-state index in [0.29, 0.717) is 27.7 Å². The molecule has 0 unspecified atom stereocenters. The first-order valence-corrected chi connectivity index (χ1v) is 27.9. The van der Waals surface area contributed by atoms with Gasteiger partial charge in [0.05, 0.1) is 32.1 Å². The Bertz CT molecular complexity index is 3090. The molecule has 20 N–H and O–H groups in total. The summed E-state index contributed by atoms with van der Waals surface area (Å²) in [6.07, 6.45) is 2.95. The molecule has 2 aromatic carbocycles. The number of primary amides is 1. The van der Waals surface area contributed by atoms with Crippen LogP contribution in [0.4, 0.5) is 0 Å². The molecule has 31 heteroatoms. The molecule has 0 aliphatic carbocycles. The van der Waals surface area contributed by atoms with E-state index in [2.05, 4.69) is 67.8 Å². The van der Waals surface area contributed by atoms with Gasteiger partial charge in [0.2, 0.25) is 65.0 Å². The van der Waals surface area contributed by atoms with E-state index in [-0.39, 0.29) is 94.4 Å². The predicted octanol–water partition coefficient (Wildman–Crippen LogP) is -5.42. The number of aliphatic imine (C=N–C) groups is 1. The van der Waals surface area contributed by atoms with Gasteiger partial charge in [-0.2, -0.15) is 0 Å². The van der Waals surface area contributed by atoms with E-state index in [9.17, 15) is 68.1 Å². The van der Waals surface area contributed by atoms with Gasteiger partial charge < -0.3 is 95.2 Å². The number of aromatic amines is 2. The van der Waals surface area contributed by atoms with Gasteiger partial charge in [-0.1, -0.05) is 44.2 Å². The van der Waals surface area contributed by atoms with E-state index in [1.165, 1.54) is 36.8 Å². The molecule has 0 spiro atoms. The fourth-order valence-corrected chi connectivity index (χ4v) is 9.80. The summed E-state index contributed by atoms with van der Waals surface area (Å²) < 4.78 is 0. The fourth-order valence-electron chi connectivity index (χ4n) is 9.80. The number of benzene rings is 2. The zero-order valence-electron chi connectivity index (χ0n) is 47.4. The van der Waals surface area contributed by atoms with E-state index >= 15 is 0 Å². The number of hydrogen-bond donors (Lipinski definition) is 17. The number of hydrogen-bond acceptors (Lipinski definition) is 16. The van der Waals surface area contributed by atoms with Gasteiger partial charge in [0.25, 0.3) is 0 Å². The fraction of sp³-hybridized carbons (Fsp3) is 0.473. The quantitative estimate of drug-likeness (QED) is 0.0127. The number of carbonyl (C=O) groups is 11. The summed E-state index contributed by atoms with van der Waals surface area (Å²) in [5.41, 5.74) is 18.3. The number of likely N-dealkylation sites (tertiary alicyclic amines) is 1. The van der Waals surface area contributed by atoms with Crippen molar-refractivity contribution in [3.8, 4) is 5.75 Å². The lowest BCUT2D eigenvalue weighted by Crippen LogP contribution is -2.60. The summed E-state index contributed by atoms with van der Waals surface area (Å²) in [5, 5.41) is 54.7. The number of para-hydroxylation sites is 1. The van der Waals surface area contributed by atoms with Crippen molar-refractivity contribution >= 4 is 81.8 Å². The molecular weight excluding hydrogens is 1120 g/mol. The number of phenols is 1. The standard InChI is InChI=1S/C55H75N17O14/c1-28(2)16-38(49(81)67-37(8-5-15-60-55(57)58)54(86)72-25-33(75)20-43(72)53(85)62-23-44(56)76)66-46(78)24-63-47(79)39(17-29-9-11-32(74)12-10-29)68-52(84)42(26-73)71-50(82)40(18-30-21-61-35-7-4-3-6-34(30)35)69-51(83)41(19-31-22-59-27-64-31)70-48(80)36-13-14-45(77)65-36/h3-4,6-7,9-12,21-22,27-28,33,36-43,61,73-75H,5,8,13-20,23-26H2,1-2H3,(H2,56,76)(H,59,64)(H,62,85)(H,63,79)(H,65,77)(H,66,78)(H,67,81)(H,68,84)(H,69,83)(H,70,80)(H,71,82)(H4,57,58,60)/t33-,36+,37+,38+,39+,40+,41+,42+,43+/m1/s1. The molecule has 2 aliphatic rings. The van der Waals surface area contributed by atoms with Crippen LogP contribution in [0.3, 0.4) is 0 Å². The number of nitrogens with two attached hydrogens (primary N) is 3. The number of fused-ring (bicyclic) bond motifs is 1. The van der Waals surface area contributed by atoms with Crippen molar-refractivity contribution in [1.82, 2.24) is 67.7 Å². The van der Waals surface area contributed by atoms with E-state index in [1.54, 1.807) is 44.3 Å². The number of carbonyl (C=O) groups excluding carboxylic acids is 11. The van der Waals surface area contributed by atoms with Crippen LogP contribution in [0.15, 0.2) is 72.2 Å². The molecule has 31 nitrogen and oxygen atoms in total. The molecule has 6 rings (SSSR count).